The number of hydrogen-bond acceptors (Lipinski definition) is 2. The molecule has 0 unspecified atom stereocenters. The van der Waals surface area contributed by atoms with E-state index in [0.29, 0.717) is 0 Å². The van der Waals surface area contributed by atoms with Gasteiger partial charge in [-0.05, 0) is 44.7 Å². The first-order chi connectivity index (χ1) is 5.78. The van der Waals surface area contributed by atoms with Crippen molar-refractivity contribution in [1.82, 2.24) is 10.6 Å². The molecule has 2 saturated carbocycles. The number of rotatable bonds is 3. The van der Waals surface area contributed by atoms with Crippen molar-refractivity contribution in [2.45, 2.75) is 44.7 Å². The average molecular weight is 172 g/mol. The van der Waals surface area contributed by atoms with Crippen molar-refractivity contribution < 1.29 is 2.85 Å². The summed E-state index contributed by atoms with van der Waals surface area (Å²) in [6, 6.07) is 1.67. The molecular weight excluding hydrogens is 148 g/mol. The number of hydrogen-bond donors (Lipinski definition) is 2. The lowest BCUT2D eigenvalue weighted by molar-refractivity contribution is -0.0266. The van der Waals surface area contributed by atoms with E-state index in [4.69, 9.17) is 0 Å². The van der Waals surface area contributed by atoms with Crippen LogP contribution >= 0.6 is 0 Å². The van der Waals surface area contributed by atoms with E-state index < -0.39 is 0 Å². The van der Waals surface area contributed by atoms with Gasteiger partial charge in [0.2, 0.25) is 0 Å². The Morgan fingerprint density at radius 1 is 1.25 bits per heavy atom. The summed E-state index contributed by atoms with van der Waals surface area (Å²) in [6.45, 7) is 3.33. The van der Waals surface area contributed by atoms with E-state index in [1.54, 1.807) is 0 Å². The molecule has 0 saturated heterocycles. The second-order valence-electron chi connectivity index (χ2n) is 4.56. The zero-order chi connectivity index (χ0) is 8.60. The summed E-state index contributed by atoms with van der Waals surface area (Å²) in [5, 5.41) is 6.87. The van der Waals surface area contributed by atoms with Crippen molar-refractivity contribution in [3.63, 3.8) is 0 Å². The highest BCUT2D eigenvalue weighted by Gasteiger charge is 2.51. The molecule has 2 nitrogen and oxygen atoms in total. The molecule has 2 fully saturated rings. The molecule has 74 valence electrons. The van der Waals surface area contributed by atoms with Crippen molar-refractivity contribution >= 4 is 0 Å². The molecule has 0 amide bonds. The van der Waals surface area contributed by atoms with E-state index in [2.05, 4.69) is 24.6 Å². The Kier molecular flexibility index (Phi) is 2.13. The van der Waals surface area contributed by atoms with Crippen LogP contribution in [-0.2, 0) is 0 Å². The molecule has 0 aromatic carbocycles. The van der Waals surface area contributed by atoms with Gasteiger partial charge in [-0.3, -0.25) is 0 Å². The third-order valence-corrected chi connectivity index (χ3v) is 3.62. The Hall–Kier alpha value is -0.0800. The molecular formula is C10H24N2. The molecule has 2 aliphatic carbocycles. The molecule has 0 heterocycles. The molecule has 0 radical (unpaired) electrons. The standard InChI is InChI=1S/C10H20N2.2H2/c1-3-12-9-6-10(7-9)4-8(5-10)11-2;;/h8-9,11-12H,3-7H2,1-2H3;2*1H. The summed E-state index contributed by atoms with van der Waals surface area (Å²) in [4.78, 5) is 0. The fraction of sp³-hybridized carbons (Fsp3) is 1.00. The van der Waals surface area contributed by atoms with Crippen molar-refractivity contribution in [2.24, 2.45) is 5.41 Å². The van der Waals surface area contributed by atoms with E-state index in [-0.39, 0.29) is 2.85 Å². The van der Waals surface area contributed by atoms with Gasteiger partial charge in [-0.15, -0.1) is 0 Å². The molecule has 0 aromatic rings. The van der Waals surface area contributed by atoms with Gasteiger partial charge in [-0.25, -0.2) is 0 Å². The minimum atomic E-state index is 0. The van der Waals surface area contributed by atoms with Crippen LogP contribution < -0.4 is 10.6 Å². The van der Waals surface area contributed by atoms with Crippen LogP contribution in [0.1, 0.15) is 35.5 Å². The van der Waals surface area contributed by atoms with Gasteiger partial charge < -0.3 is 10.6 Å². The summed E-state index contributed by atoms with van der Waals surface area (Å²) in [5.74, 6) is 0. The van der Waals surface area contributed by atoms with Crippen molar-refractivity contribution in [3.8, 4) is 0 Å². The maximum Gasteiger partial charge on any atom is 0.00775 e. The van der Waals surface area contributed by atoms with Crippen molar-refractivity contribution in [3.05, 3.63) is 0 Å². The summed E-state index contributed by atoms with van der Waals surface area (Å²) < 4.78 is 0. The van der Waals surface area contributed by atoms with Crippen LogP contribution in [0.2, 0.25) is 0 Å². The molecule has 12 heavy (non-hydrogen) atoms. The molecule has 0 atom stereocenters. The second-order valence-corrected chi connectivity index (χ2v) is 4.56. The molecule has 2 N–H and O–H groups in total. The fourth-order valence-corrected chi connectivity index (χ4v) is 2.94. The van der Waals surface area contributed by atoms with Gasteiger partial charge in [-0.2, -0.15) is 0 Å². The van der Waals surface area contributed by atoms with Crippen LogP contribution in [0.5, 0.6) is 0 Å². The summed E-state index contributed by atoms with van der Waals surface area (Å²) in [6.07, 6.45) is 5.70. The van der Waals surface area contributed by atoms with Gasteiger partial charge in [0.1, 0.15) is 0 Å². The maximum atomic E-state index is 3.52. The van der Waals surface area contributed by atoms with Crippen LogP contribution in [0.3, 0.4) is 0 Å². The van der Waals surface area contributed by atoms with E-state index in [9.17, 15) is 0 Å². The predicted octanol–water partition coefficient (Wildman–Crippen LogP) is 1.62. The monoisotopic (exact) mass is 172 g/mol. The Morgan fingerprint density at radius 2 is 1.83 bits per heavy atom. The van der Waals surface area contributed by atoms with Crippen LogP contribution in [0.4, 0.5) is 0 Å². The summed E-state index contributed by atoms with van der Waals surface area (Å²) in [7, 11) is 2.08. The molecule has 2 heteroatoms. The van der Waals surface area contributed by atoms with Crippen LogP contribution in [0.15, 0.2) is 0 Å². The Labute approximate surface area is 78.1 Å². The van der Waals surface area contributed by atoms with Gasteiger partial charge in [0.25, 0.3) is 0 Å². The minimum absolute atomic E-state index is 0. The van der Waals surface area contributed by atoms with Gasteiger partial charge in [0.05, 0.1) is 0 Å². The largest absolute Gasteiger partial charge is 0.317 e. The third kappa shape index (κ3) is 1.27. The highest BCUT2D eigenvalue weighted by Crippen LogP contribution is 2.55. The quantitative estimate of drug-likeness (QED) is 0.676. The number of nitrogens with one attached hydrogen (secondary N) is 2. The average Bonchev–Trinajstić information content (AvgIpc) is 1.91. The van der Waals surface area contributed by atoms with Crippen molar-refractivity contribution in [2.75, 3.05) is 13.6 Å². The van der Waals surface area contributed by atoms with Gasteiger partial charge in [0.15, 0.2) is 0 Å². The van der Waals surface area contributed by atoms with Gasteiger partial charge >= 0.3 is 0 Å². The Morgan fingerprint density at radius 3 is 2.33 bits per heavy atom. The highest BCUT2D eigenvalue weighted by molar-refractivity contribution is 5.07. The lowest BCUT2D eigenvalue weighted by Crippen LogP contribution is -2.59. The van der Waals surface area contributed by atoms with Crippen LogP contribution in [-0.4, -0.2) is 25.7 Å². The van der Waals surface area contributed by atoms with E-state index >= 15 is 0 Å². The second kappa shape index (κ2) is 3.00. The van der Waals surface area contributed by atoms with E-state index in [0.717, 1.165) is 24.0 Å². The first kappa shape index (κ1) is 8.52. The SMILES string of the molecule is CCNC1CC2(CC(NC)C2)C1.[HH].[HH]. The van der Waals surface area contributed by atoms with Gasteiger partial charge in [-0.1, -0.05) is 6.92 Å². The van der Waals surface area contributed by atoms with Crippen molar-refractivity contribution in [1.29, 1.82) is 0 Å². The lowest BCUT2D eigenvalue weighted by atomic mass is 9.52. The molecule has 1 spiro atoms. The molecule has 0 bridgehead atoms. The molecule has 2 aliphatic rings. The normalized spacial score (nSPS) is 45.5. The maximum absolute atomic E-state index is 3.52. The van der Waals surface area contributed by atoms with Crippen LogP contribution in [0, 0.1) is 5.41 Å². The molecule has 0 aromatic heterocycles. The summed E-state index contributed by atoms with van der Waals surface area (Å²) in [5.41, 5.74) is 0.764. The highest BCUT2D eigenvalue weighted by atomic mass is 15.0. The smallest absolute Gasteiger partial charge is 0.00775 e. The Bertz CT molecular complexity index is 162. The molecule has 0 aliphatic heterocycles. The van der Waals surface area contributed by atoms with E-state index in [1.807, 2.05) is 0 Å². The van der Waals surface area contributed by atoms with Gasteiger partial charge in [0, 0.05) is 14.9 Å². The summed E-state index contributed by atoms with van der Waals surface area (Å²) >= 11 is 0. The Balaban J connectivity index is 0.000000845. The first-order valence-electron chi connectivity index (χ1n) is 5.19. The first-order valence-corrected chi connectivity index (χ1v) is 5.19. The fourth-order valence-electron chi connectivity index (χ4n) is 2.94. The topological polar surface area (TPSA) is 24.1 Å². The zero-order valence-corrected chi connectivity index (χ0v) is 8.19. The van der Waals surface area contributed by atoms with Crippen LogP contribution in [0.25, 0.3) is 0 Å². The van der Waals surface area contributed by atoms with E-state index in [1.165, 1.54) is 25.7 Å². The predicted molar refractivity (Wildman–Crippen MR) is 55.4 cm³/mol. The lowest BCUT2D eigenvalue weighted by Gasteiger charge is -2.58. The molecule has 2 rings (SSSR count). The minimum Gasteiger partial charge on any atom is -0.317 e. The zero-order valence-electron chi connectivity index (χ0n) is 8.19. The third-order valence-electron chi connectivity index (χ3n) is 3.62.